The Morgan fingerprint density at radius 1 is 1.07 bits per heavy atom. The molecule has 0 atom stereocenters. The van der Waals surface area contributed by atoms with E-state index in [2.05, 4.69) is 0 Å². The third kappa shape index (κ3) is 8.78. The Bertz CT molecular complexity index is 217. The zero-order valence-electron chi connectivity index (χ0n) is 9.41. The van der Waals surface area contributed by atoms with E-state index in [1.165, 1.54) is 0 Å². The first-order valence-electron chi connectivity index (χ1n) is 5.03. The van der Waals surface area contributed by atoms with Crippen LogP contribution < -0.4 is 5.11 Å². The van der Waals surface area contributed by atoms with Gasteiger partial charge in [-0.3, -0.25) is 0 Å². The Hall–Kier alpha value is -1.31. The maximum absolute atomic E-state index is 10.1. The van der Waals surface area contributed by atoms with Crippen molar-refractivity contribution in [1.82, 2.24) is 0 Å². The average molecular weight is 195 g/mol. The summed E-state index contributed by atoms with van der Waals surface area (Å²) >= 11 is 0. The SMILES string of the molecule is CC.CC.O=C([O-])Cc1ccccc1. The Balaban J connectivity index is 0. The number of carboxylic acid groups (broad SMARTS) is 1. The van der Waals surface area contributed by atoms with Crippen LogP contribution in [0.15, 0.2) is 30.3 Å². The molecule has 0 aliphatic carbocycles. The molecule has 0 radical (unpaired) electrons. The lowest BCUT2D eigenvalue weighted by Gasteiger charge is -1.99. The molecule has 80 valence electrons. The molecule has 0 aromatic heterocycles. The van der Waals surface area contributed by atoms with Crippen LogP contribution in [0.4, 0.5) is 0 Å². The molecule has 1 aromatic rings. The van der Waals surface area contributed by atoms with E-state index in [0.717, 1.165) is 5.56 Å². The summed E-state index contributed by atoms with van der Waals surface area (Å²) in [5, 5.41) is 10.1. The van der Waals surface area contributed by atoms with Gasteiger partial charge in [0.25, 0.3) is 0 Å². The van der Waals surface area contributed by atoms with Crippen LogP contribution >= 0.6 is 0 Å². The van der Waals surface area contributed by atoms with E-state index in [9.17, 15) is 9.90 Å². The number of carbonyl (C=O) groups excluding carboxylic acids is 1. The molecular formula is C12H19O2-. The van der Waals surface area contributed by atoms with Gasteiger partial charge < -0.3 is 9.90 Å². The monoisotopic (exact) mass is 195 g/mol. The number of carboxylic acids is 1. The van der Waals surface area contributed by atoms with E-state index in [-0.39, 0.29) is 6.42 Å². The van der Waals surface area contributed by atoms with Gasteiger partial charge in [-0.1, -0.05) is 58.0 Å². The molecule has 1 aromatic carbocycles. The molecule has 0 fully saturated rings. The van der Waals surface area contributed by atoms with Crippen LogP contribution in [0, 0.1) is 0 Å². The van der Waals surface area contributed by atoms with Gasteiger partial charge in [0.2, 0.25) is 0 Å². The van der Waals surface area contributed by atoms with Gasteiger partial charge >= 0.3 is 0 Å². The minimum atomic E-state index is -1.04. The fourth-order valence-corrected chi connectivity index (χ4v) is 0.763. The Kier molecular flexibility index (Phi) is 12.7. The fourth-order valence-electron chi connectivity index (χ4n) is 0.763. The Morgan fingerprint density at radius 2 is 1.50 bits per heavy atom. The smallest absolute Gasteiger partial charge is 0.0458 e. The fraction of sp³-hybridized carbons (Fsp3) is 0.417. The summed E-state index contributed by atoms with van der Waals surface area (Å²) in [5.74, 6) is -1.04. The molecule has 0 N–H and O–H groups in total. The Labute approximate surface area is 86.6 Å². The number of rotatable bonds is 2. The zero-order valence-corrected chi connectivity index (χ0v) is 9.41. The highest BCUT2D eigenvalue weighted by molar-refractivity contribution is 5.67. The molecule has 2 nitrogen and oxygen atoms in total. The topological polar surface area (TPSA) is 40.1 Å². The minimum absolute atomic E-state index is 0.000833. The lowest BCUT2D eigenvalue weighted by molar-refractivity contribution is -0.304. The highest BCUT2D eigenvalue weighted by Crippen LogP contribution is 1.97. The number of hydrogen-bond acceptors (Lipinski definition) is 2. The van der Waals surface area contributed by atoms with E-state index in [1.54, 1.807) is 24.3 Å². The van der Waals surface area contributed by atoms with Crippen molar-refractivity contribution in [3.63, 3.8) is 0 Å². The highest BCUT2D eigenvalue weighted by Gasteiger charge is 1.88. The number of benzene rings is 1. The molecule has 1 rings (SSSR count). The third-order valence-corrected chi connectivity index (χ3v) is 1.19. The van der Waals surface area contributed by atoms with E-state index in [0.29, 0.717) is 0 Å². The highest BCUT2D eigenvalue weighted by atomic mass is 16.4. The lowest BCUT2D eigenvalue weighted by atomic mass is 10.2. The molecule has 0 saturated carbocycles. The van der Waals surface area contributed by atoms with E-state index in [4.69, 9.17) is 0 Å². The lowest BCUT2D eigenvalue weighted by Crippen LogP contribution is -2.24. The van der Waals surface area contributed by atoms with Crippen LogP contribution in [-0.4, -0.2) is 5.97 Å². The maximum atomic E-state index is 10.1. The van der Waals surface area contributed by atoms with Gasteiger partial charge in [-0.2, -0.15) is 0 Å². The average Bonchev–Trinajstić information content (AvgIpc) is 2.24. The summed E-state index contributed by atoms with van der Waals surface area (Å²) in [5.41, 5.74) is 0.780. The zero-order chi connectivity index (χ0) is 11.4. The second kappa shape index (κ2) is 11.7. The summed E-state index contributed by atoms with van der Waals surface area (Å²) in [4.78, 5) is 10.1. The van der Waals surface area contributed by atoms with Gasteiger partial charge in [-0.05, 0) is 5.56 Å². The van der Waals surface area contributed by atoms with Crippen molar-refractivity contribution >= 4 is 5.97 Å². The molecule has 0 amide bonds. The van der Waals surface area contributed by atoms with E-state index >= 15 is 0 Å². The van der Waals surface area contributed by atoms with Crippen molar-refractivity contribution in [2.45, 2.75) is 34.1 Å². The number of hydrogen-bond donors (Lipinski definition) is 0. The molecule has 0 bridgehead atoms. The first kappa shape index (κ1) is 15.2. The van der Waals surface area contributed by atoms with Gasteiger partial charge in [0.15, 0.2) is 0 Å². The van der Waals surface area contributed by atoms with Gasteiger partial charge in [-0.25, -0.2) is 0 Å². The van der Waals surface area contributed by atoms with Gasteiger partial charge in [0.05, 0.1) is 0 Å². The van der Waals surface area contributed by atoms with Crippen LogP contribution in [0.3, 0.4) is 0 Å². The van der Waals surface area contributed by atoms with Crippen molar-refractivity contribution in [2.75, 3.05) is 0 Å². The molecule has 0 unspecified atom stereocenters. The standard InChI is InChI=1S/C8H8O2.2C2H6/c9-8(10)6-7-4-2-1-3-5-7;2*1-2/h1-5H,6H2,(H,9,10);2*1-2H3/p-1. The van der Waals surface area contributed by atoms with Crippen molar-refractivity contribution in [3.8, 4) is 0 Å². The molecule has 0 spiro atoms. The first-order chi connectivity index (χ1) is 6.79. The van der Waals surface area contributed by atoms with Crippen LogP contribution in [0.2, 0.25) is 0 Å². The molecule has 0 heterocycles. The van der Waals surface area contributed by atoms with Gasteiger partial charge in [-0.15, -0.1) is 0 Å². The molecule has 14 heavy (non-hydrogen) atoms. The molecule has 0 aliphatic heterocycles. The van der Waals surface area contributed by atoms with Crippen molar-refractivity contribution in [3.05, 3.63) is 35.9 Å². The summed E-state index contributed by atoms with van der Waals surface area (Å²) in [6.07, 6.45) is 0.000833. The molecule has 0 aliphatic rings. The van der Waals surface area contributed by atoms with Crippen molar-refractivity contribution in [1.29, 1.82) is 0 Å². The maximum Gasteiger partial charge on any atom is 0.0458 e. The second-order valence-corrected chi connectivity index (χ2v) is 2.03. The van der Waals surface area contributed by atoms with E-state index in [1.807, 2.05) is 33.8 Å². The van der Waals surface area contributed by atoms with Crippen LogP contribution in [0.25, 0.3) is 0 Å². The number of aliphatic carboxylic acids is 1. The summed E-state index contributed by atoms with van der Waals surface area (Å²) in [7, 11) is 0. The van der Waals surface area contributed by atoms with Crippen molar-refractivity contribution in [2.24, 2.45) is 0 Å². The summed E-state index contributed by atoms with van der Waals surface area (Å²) in [6, 6.07) is 8.97. The quantitative estimate of drug-likeness (QED) is 0.724. The third-order valence-electron chi connectivity index (χ3n) is 1.19. The van der Waals surface area contributed by atoms with Crippen LogP contribution in [-0.2, 0) is 11.2 Å². The van der Waals surface area contributed by atoms with E-state index < -0.39 is 5.97 Å². The van der Waals surface area contributed by atoms with Crippen LogP contribution in [0.1, 0.15) is 33.3 Å². The minimum Gasteiger partial charge on any atom is -0.550 e. The summed E-state index contributed by atoms with van der Waals surface area (Å²) < 4.78 is 0. The Morgan fingerprint density at radius 3 is 1.86 bits per heavy atom. The van der Waals surface area contributed by atoms with Gasteiger partial charge in [0.1, 0.15) is 0 Å². The van der Waals surface area contributed by atoms with Crippen molar-refractivity contribution < 1.29 is 9.90 Å². The molecule has 0 saturated heterocycles. The van der Waals surface area contributed by atoms with Crippen LogP contribution in [0.5, 0.6) is 0 Å². The van der Waals surface area contributed by atoms with Gasteiger partial charge in [0, 0.05) is 12.4 Å². The second-order valence-electron chi connectivity index (χ2n) is 2.03. The predicted molar refractivity (Wildman–Crippen MR) is 57.8 cm³/mol. The molecular weight excluding hydrogens is 176 g/mol. The molecule has 2 heteroatoms. The largest absolute Gasteiger partial charge is 0.550 e. The number of carbonyl (C=O) groups is 1. The first-order valence-corrected chi connectivity index (χ1v) is 5.03. The predicted octanol–water partition coefficient (Wildman–Crippen LogP) is 2.03. The normalized spacial score (nSPS) is 7.43. The summed E-state index contributed by atoms with van der Waals surface area (Å²) in [6.45, 7) is 8.00.